The fourth-order valence-electron chi connectivity index (χ4n) is 2.00. The number of carbonyl (C=O) groups is 2. The fourth-order valence-corrected chi connectivity index (χ4v) is 2.00. The zero-order valence-corrected chi connectivity index (χ0v) is 12.2. The summed E-state index contributed by atoms with van der Waals surface area (Å²) in [6, 6.07) is 11.1. The van der Waals surface area contributed by atoms with E-state index in [2.05, 4.69) is 0 Å². The quantitative estimate of drug-likeness (QED) is 0.791. The van der Waals surface area contributed by atoms with Crippen molar-refractivity contribution >= 4 is 11.9 Å². The van der Waals surface area contributed by atoms with Gasteiger partial charge < -0.3 is 14.2 Å². The first kappa shape index (κ1) is 14.8. The molecule has 0 N–H and O–H groups in total. The van der Waals surface area contributed by atoms with Crippen LogP contribution in [-0.2, 0) is 9.53 Å². The predicted octanol–water partition coefficient (Wildman–Crippen LogP) is 2.11. The third-order valence-electron chi connectivity index (χ3n) is 3.01. The van der Waals surface area contributed by atoms with Crippen molar-refractivity contribution in [2.45, 2.75) is 6.92 Å². The second-order valence-corrected chi connectivity index (χ2v) is 4.61. The van der Waals surface area contributed by atoms with E-state index in [4.69, 9.17) is 4.74 Å². The Morgan fingerprint density at radius 2 is 1.90 bits per heavy atom. The van der Waals surface area contributed by atoms with Gasteiger partial charge in [-0.1, -0.05) is 6.07 Å². The van der Waals surface area contributed by atoms with Crippen LogP contribution in [0.4, 0.5) is 0 Å². The Kier molecular flexibility index (Phi) is 4.77. The number of esters is 1. The Morgan fingerprint density at radius 3 is 2.57 bits per heavy atom. The van der Waals surface area contributed by atoms with E-state index in [0.29, 0.717) is 12.2 Å². The van der Waals surface area contributed by atoms with E-state index in [9.17, 15) is 9.59 Å². The second-order valence-electron chi connectivity index (χ2n) is 4.61. The molecule has 0 spiro atoms. The molecular formula is C16H18N2O3. The highest BCUT2D eigenvalue weighted by Crippen LogP contribution is 2.12. The summed E-state index contributed by atoms with van der Waals surface area (Å²) in [5, 5.41) is 0. The molecule has 0 unspecified atom stereocenters. The van der Waals surface area contributed by atoms with Crippen molar-refractivity contribution in [3.05, 3.63) is 54.4 Å². The number of hydrogen-bond donors (Lipinski definition) is 0. The van der Waals surface area contributed by atoms with Crippen LogP contribution in [0.25, 0.3) is 5.69 Å². The predicted molar refractivity (Wildman–Crippen MR) is 79.4 cm³/mol. The lowest BCUT2D eigenvalue weighted by Gasteiger charge is -2.16. The van der Waals surface area contributed by atoms with E-state index in [1.807, 2.05) is 41.2 Å². The number of nitrogens with zero attached hydrogens (tertiary/aromatic N) is 2. The van der Waals surface area contributed by atoms with Crippen molar-refractivity contribution in [3.8, 4) is 5.69 Å². The molecule has 0 atom stereocenters. The van der Waals surface area contributed by atoms with E-state index < -0.39 is 5.97 Å². The molecule has 0 saturated carbocycles. The molecule has 0 radical (unpaired) electrons. The van der Waals surface area contributed by atoms with E-state index in [-0.39, 0.29) is 12.5 Å². The number of benzene rings is 1. The average Bonchev–Trinajstić information content (AvgIpc) is 3.01. The van der Waals surface area contributed by atoms with Gasteiger partial charge in [0, 0.05) is 30.7 Å². The summed E-state index contributed by atoms with van der Waals surface area (Å²) in [6.07, 6.45) is 3.82. The summed E-state index contributed by atoms with van der Waals surface area (Å²) in [5.41, 5.74) is 1.43. The van der Waals surface area contributed by atoms with Gasteiger partial charge in [0.1, 0.15) is 6.54 Å². The highest BCUT2D eigenvalue weighted by Gasteiger charge is 2.15. The van der Waals surface area contributed by atoms with Crippen molar-refractivity contribution in [1.82, 2.24) is 9.47 Å². The minimum absolute atomic E-state index is 0.0551. The number of hydrogen-bond acceptors (Lipinski definition) is 3. The van der Waals surface area contributed by atoms with Gasteiger partial charge in [-0.25, -0.2) is 0 Å². The maximum absolute atomic E-state index is 12.3. The Hall–Kier alpha value is -2.56. The topological polar surface area (TPSA) is 51.5 Å². The molecule has 1 aromatic carbocycles. The van der Waals surface area contributed by atoms with Crippen LogP contribution >= 0.6 is 0 Å². The van der Waals surface area contributed by atoms with Gasteiger partial charge in [0.15, 0.2) is 0 Å². The number of rotatable bonds is 5. The Balaban J connectivity index is 2.12. The summed E-state index contributed by atoms with van der Waals surface area (Å²) in [7, 11) is 1.58. The number of ether oxygens (including phenoxy) is 1. The van der Waals surface area contributed by atoms with Gasteiger partial charge in [-0.3, -0.25) is 9.59 Å². The first-order valence-corrected chi connectivity index (χ1v) is 6.76. The van der Waals surface area contributed by atoms with Gasteiger partial charge in [0.2, 0.25) is 0 Å². The standard InChI is InChI=1S/C16H18N2O3/c1-3-21-15(19)12-17(2)16(20)13-7-6-8-14(11-13)18-9-4-5-10-18/h4-11H,3,12H2,1-2H3. The van der Waals surface area contributed by atoms with Crippen molar-refractivity contribution in [2.24, 2.45) is 0 Å². The molecule has 0 fully saturated rings. The summed E-state index contributed by atoms with van der Waals surface area (Å²) in [6.45, 7) is 1.99. The number of likely N-dealkylation sites (N-methyl/N-ethyl adjacent to an activating group) is 1. The lowest BCUT2D eigenvalue weighted by molar-refractivity contribution is -0.143. The largest absolute Gasteiger partial charge is 0.465 e. The SMILES string of the molecule is CCOC(=O)CN(C)C(=O)c1cccc(-n2cccc2)c1. The smallest absolute Gasteiger partial charge is 0.325 e. The molecule has 1 amide bonds. The van der Waals surface area contributed by atoms with Crippen LogP contribution < -0.4 is 0 Å². The van der Waals surface area contributed by atoms with Crippen LogP contribution in [0.1, 0.15) is 17.3 Å². The zero-order valence-electron chi connectivity index (χ0n) is 12.2. The molecule has 1 aromatic heterocycles. The summed E-state index contributed by atoms with van der Waals surface area (Å²) < 4.78 is 6.76. The molecule has 0 saturated heterocycles. The summed E-state index contributed by atoms with van der Waals surface area (Å²) in [4.78, 5) is 25.1. The highest BCUT2D eigenvalue weighted by molar-refractivity contribution is 5.96. The molecule has 21 heavy (non-hydrogen) atoms. The maximum Gasteiger partial charge on any atom is 0.325 e. The average molecular weight is 286 g/mol. The van der Waals surface area contributed by atoms with Crippen molar-refractivity contribution in [2.75, 3.05) is 20.2 Å². The molecule has 5 nitrogen and oxygen atoms in total. The normalized spacial score (nSPS) is 10.2. The lowest BCUT2D eigenvalue weighted by Crippen LogP contribution is -2.33. The van der Waals surface area contributed by atoms with Gasteiger partial charge >= 0.3 is 5.97 Å². The zero-order chi connectivity index (χ0) is 15.2. The number of aromatic nitrogens is 1. The first-order valence-electron chi connectivity index (χ1n) is 6.76. The van der Waals surface area contributed by atoms with E-state index in [0.717, 1.165) is 5.69 Å². The highest BCUT2D eigenvalue weighted by atomic mass is 16.5. The van der Waals surface area contributed by atoms with Crippen LogP contribution in [0.15, 0.2) is 48.8 Å². The molecule has 0 bridgehead atoms. The molecule has 1 heterocycles. The molecule has 0 aliphatic carbocycles. The van der Waals surface area contributed by atoms with Crippen LogP contribution in [0.2, 0.25) is 0 Å². The number of carbonyl (C=O) groups excluding carboxylic acids is 2. The third kappa shape index (κ3) is 3.72. The molecule has 0 aliphatic heterocycles. The minimum Gasteiger partial charge on any atom is -0.465 e. The fraction of sp³-hybridized carbons (Fsp3) is 0.250. The van der Waals surface area contributed by atoms with Gasteiger partial charge in [-0.05, 0) is 37.3 Å². The van der Waals surface area contributed by atoms with E-state index in [1.54, 1.807) is 26.1 Å². The molecule has 110 valence electrons. The van der Waals surface area contributed by atoms with Crippen molar-refractivity contribution in [3.63, 3.8) is 0 Å². The number of amides is 1. The molecule has 5 heteroatoms. The maximum atomic E-state index is 12.3. The monoisotopic (exact) mass is 286 g/mol. The van der Waals surface area contributed by atoms with Crippen molar-refractivity contribution < 1.29 is 14.3 Å². The van der Waals surface area contributed by atoms with E-state index >= 15 is 0 Å². The molecular weight excluding hydrogens is 268 g/mol. The molecule has 2 rings (SSSR count). The molecule has 0 aliphatic rings. The van der Waals surface area contributed by atoms with Crippen LogP contribution in [0.3, 0.4) is 0 Å². The Bertz CT molecular complexity index is 620. The summed E-state index contributed by atoms with van der Waals surface area (Å²) in [5.74, 6) is -0.619. The van der Waals surface area contributed by atoms with Gasteiger partial charge in [-0.15, -0.1) is 0 Å². The second kappa shape index (κ2) is 6.74. The van der Waals surface area contributed by atoms with Crippen LogP contribution in [-0.4, -0.2) is 41.5 Å². The molecule has 2 aromatic rings. The van der Waals surface area contributed by atoms with Gasteiger partial charge in [0.05, 0.1) is 6.61 Å². The lowest BCUT2D eigenvalue weighted by atomic mass is 10.1. The van der Waals surface area contributed by atoms with Gasteiger partial charge in [-0.2, -0.15) is 0 Å². The minimum atomic E-state index is -0.407. The Morgan fingerprint density at radius 1 is 1.19 bits per heavy atom. The van der Waals surface area contributed by atoms with Crippen LogP contribution in [0.5, 0.6) is 0 Å². The first-order chi connectivity index (χ1) is 10.1. The van der Waals surface area contributed by atoms with Crippen LogP contribution in [0, 0.1) is 0 Å². The van der Waals surface area contributed by atoms with Crippen molar-refractivity contribution in [1.29, 1.82) is 0 Å². The van der Waals surface area contributed by atoms with Gasteiger partial charge in [0.25, 0.3) is 5.91 Å². The third-order valence-corrected chi connectivity index (χ3v) is 3.01. The van der Waals surface area contributed by atoms with E-state index in [1.165, 1.54) is 4.90 Å². The Labute approximate surface area is 123 Å². The summed E-state index contributed by atoms with van der Waals surface area (Å²) >= 11 is 0.